The van der Waals surface area contributed by atoms with Gasteiger partial charge >= 0.3 is 6.09 Å². The summed E-state index contributed by atoms with van der Waals surface area (Å²) in [4.78, 5) is 27.5. The summed E-state index contributed by atoms with van der Waals surface area (Å²) in [5.41, 5.74) is 2.86. The van der Waals surface area contributed by atoms with Gasteiger partial charge in [-0.3, -0.25) is 4.90 Å². The van der Waals surface area contributed by atoms with E-state index < -0.39 is 0 Å². The monoisotopic (exact) mass is 478 g/mol. The summed E-state index contributed by atoms with van der Waals surface area (Å²) in [6, 6.07) is 6.07. The number of hydrogen-bond acceptors (Lipinski definition) is 6. The number of amides is 1. The summed E-state index contributed by atoms with van der Waals surface area (Å²) in [7, 11) is 0. The van der Waals surface area contributed by atoms with Crippen molar-refractivity contribution in [2.45, 2.75) is 32.2 Å². The first-order valence-electron chi connectivity index (χ1n) is 12.5. The van der Waals surface area contributed by atoms with Crippen LogP contribution in [0.4, 0.5) is 15.0 Å². The third kappa shape index (κ3) is 4.11. The fraction of sp³-hybridized carbons (Fsp3) is 0.500. The van der Waals surface area contributed by atoms with Crippen molar-refractivity contribution in [3.05, 3.63) is 48.8 Å². The Bertz CT molecular complexity index is 1230. The van der Waals surface area contributed by atoms with Crippen molar-refractivity contribution in [2.24, 2.45) is 5.41 Å². The molecule has 1 atom stereocenters. The zero-order chi connectivity index (χ0) is 24.0. The SMILES string of the molecule is CCOC(=O)N1CC2(CC[C@@H](N3CCN(c4ncc(F)cc4-c4ccc5nccn5c4)CC3)C2)C1. The maximum absolute atomic E-state index is 14.2. The van der Waals surface area contributed by atoms with Crippen LogP contribution in [0.5, 0.6) is 0 Å². The van der Waals surface area contributed by atoms with Gasteiger partial charge < -0.3 is 18.9 Å². The zero-order valence-electron chi connectivity index (χ0n) is 20.1. The van der Waals surface area contributed by atoms with Crippen molar-refractivity contribution in [2.75, 3.05) is 50.8 Å². The van der Waals surface area contributed by atoms with E-state index in [0.717, 1.165) is 68.3 Å². The van der Waals surface area contributed by atoms with E-state index in [-0.39, 0.29) is 17.3 Å². The fourth-order valence-corrected chi connectivity index (χ4v) is 6.16. The molecule has 184 valence electrons. The number of fused-ring (bicyclic) bond motifs is 1. The lowest BCUT2D eigenvalue weighted by molar-refractivity contribution is -0.00294. The first-order valence-corrected chi connectivity index (χ1v) is 12.5. The van der Waals surface area contributed by atoms with E-state index in [1.54, 1.807) is 12.3 Å². The van der Waals surface area contributed by atoms with E-state index in [4.69, 9.17) is 4.74 Å². The molecular formula is C26H31FN6O2. The van der Waals surface area contributed by atoms with Crippen molar-refractivity contribution in [1.29, 1.82) is 0 Å². The fourth-order valence-electron chi connectivity index (χ4n) is 6.16. The highest BCUT2D eigenvalue weighted by atomic mass is 19.1. The number of likely N-dealkylation sites (tertiary alicyclic amines) is 1. The summed E-state index contributed by atoms with van der Waals surface area (Å²) >= 11 is 0. The number of aromatic nitrogens is 3. The molecule has 3 aliphatic rings. The van der Waals surface area contributed by atoms with E-state index in [2.05, 4.69) is 19.8 Å². The summed E-state index contributed by atoms with van der Waals surface area (Å²) in [6.45, 7) is 7.57. The minimum atomic E-state index is -0.332. The summed E-state index contributed by atoms with van der Waals surface area (Å²) in [5, 5.41) is 0. The predicted molar refractivity (Wildman–Crippen MR) is 131 cm³/mol. The molecule has 8 nitrogen and oxygen atoms in total. The van der Waals surface area contributed by atoms with Gasteiger partial charge in [0.2, 0.25) is 0 Å². The molecule has 1 spiro atoms. The van der Waals surface area contributed by atoms with Gasteiger partial charge in [0, 0.05) is 80.4 Å². The highest BCUT2D eigenvalue weighted by Gasteiger charge is 2.51. The smallest absolute Gasteiger partial charge is 0.409 e. The maximum atomic E-state index is 14.2. The van der Waals surface area contributed by atoms with Gasteiger partial charge in [-0.15, -0.1) is 0 Å². The van der Waals surface area contributed by atoms with Crippen molar-refractivity contribution in [1.82, 2.24) is 24.2 Å². The highest BCUT2D eigenvalue weighted by Crippen LogP contribution is 2.47. The van der Waals surface area contributed by atoms with Crippen molar-refractivity contribution in [3.8, 4) is 11.1 Å². The number of halogens is 1. The summed E-state index contributed by atoms with van der Waals surface area (Å²) in [5.74, 6) is 0.499. The molecule has 1 aliphatic carbocycles. The molecule has 35 heavy (non-hydrogen) atoms. The van der Waals surface area contributed by atoms with E-state index in [1.807, 2.05) is 40.8 Å². The molecule has 1 amide bonds. The molecule has 3 aromatic heterocycles. The first kappa shape index (κ1) is 22.3. The average molecular weight is 479 g/mol. The van der Waals surface area contributed by atoms with Crippen LogP contribution in [0.2, 0.25) is 0 Å². The van der Waals surface area contributed by atoms with Gasteiger partial charge in [-0.05, 0) is 44.4 Å². The lowest BCUT2D eigenvalue weighted by Crippen LogP contribution is -2.58. The Labute approximate surface area is 204 Å². The van der Waals surface area contributed by atoms with Crippen LogP contribution in [0.25, 0.3) is 16.8 Å². The Balaban J connectivity index is 1.11. The highest BCUT2D eigenvalue weighted by molar-refractivity contribution is 5.76. The third-order valence-corrected chi connectivity index (χ3v) is 7.92. The number of pyridine rings is 2. The predicted octanol–water partition coefficient (Wildman–Crippen LogP) is 3.67. The van der Waals surface area contributed by atoms with Gasteiger partial charge in [0.05, 0.1) is 12.8 Å². The van der Waals surface area contributed by atoms with Crippen molar-refractivity contribution < 1.29 is 13.9 Å². The molecule has 6 rings (SSSR count). The molecule has 2 saturated heterocycles. The molecule has 3 fully saturated rings. The number of ether oxygens (including phenoxy) is 1. The topological polar surface area (TPSA) is 66.2 Å². The Morgan fingerprint density at radius 3 is 2.83 bits per heavy atom. The minimum Gasteiger partial charge on any atom is -0.450 e. The number of piperazine rings is 1. The zero-order valence-corrected chi connectivity index (χ0v) is 20.1. The molecular weight excluding hydrogens is 447 g/mol. The molecule has 0 aromatic carbocycles. The number of imidazole rings is 1. The largest absolute Gasteiger partial charge is 0.450 e. The Kier molecular flexibility index (Phi) is 5.59. The number of carbonyl (C=O) groups is 1. The molecule has 3 aromatic rings. The van der Waals surface area contributed by atoms with Gasteiger partial charge in [-0.25, -0.2) is 19.2 Å². The Hall–Kier alpha value is -3.20. The van der Waals surface area contributed by atoms with E-state index in [0.29, 0.717) is 12.6 Å². The molecule has 0 unspecified atom stereocenters. The van der Waals surface area contributed by atoms with Gasteiger partial charge in [-0.1, -0.05) is 0 Å². The van der Waals surface area contributed by atoms with Crippen LogP contribution in [0.15, 0.2) is 43.0 Å². The Morgan fingerprint density at radius 1 is 1.20 bits per heavy atom. The van der Waals surface area contributed by atoms with Crippen LogP contribution in [0.1, 0.15) is 26.2 Å². The molecule has 5 heterocycles. The molecule has 0 N–H and O–H groups in total. The van der Waals surface area contributed by atoms with Crippen LogP contribution in [-0.2, 0) is 4.74 Å². The number of rotatable bonds is 4. The van der Waals surface area contributed by atoms with Crippen LogP contribution in [-0.4, -0.2) is 82.2 Å². The number of anilines is 1. The standard InChI is InChI=1S/C26H31FN6O2/c1-2-35-25(34)33-17-26(18-33)6-5-21(14-26)30-9-11-31(12-10-30)24-22(13-20(27)15-29-24)19-3-4-23-28-7-8-32(23)16-19/h3-4,7-8,13,15-16,21H,2,5-6,9-12,14,17-18H2,1H3/t21-/m1/s1. The van der Waals surface area contributed by atoms with Gasteiger partial charge in [-0.2, -0.15) is 0 Å². The molecule has 2 aliphatic heterocycles. The van der Waals surface area contributed by atoms with Crippen molar-refractivity contribution in [3.63, 3.8) is 0 Å². The first-order chi connectivity index (χ1) is 17.0. The summed E-state index contributed by atoms with van der Waals surface area (Å²) < 4.78 is 21.3. The molecule has 0 bridgehead atoms. The number of carbonyl (C=O) groups excluding carboxylic acids is 1. The normalized spacial score (nSPS) is 22.1. The lowest BCUT2D eigenvalue weighted by atomic mass is 9.78. The third-order valence-electron chi connectivity index (χ3n) is 7.92. The van der Waals surface area contributed by atoms with Gasteiger partial charge in [0.15, 0.2) is 0 Å². The van der Waals surface area contributed by atoms with Crippen LogP contribution < -0.4 is 4.90 Å². The van der Waals surface area contributed by atoms with E-state index in [9.17, 15) is 9.18 Å². The van der Waals surface area contributed by atoms with Crippen LogP contribution in [0, 0.1) is 11.2 Å². The molecule has 9 heteroatoms. The minimum absolute atomic E-state index is 0.176. The number of nitrogens with zero attached hydrogens (tertiary/aromatic N) is 6. The average Bonchev–Trinajstić information content (AvgIpc) is 3.51. The summed E-state index contributed by atoms with van der Waals surface area (Å²) in [6.07, 6.45) is 10.3. The second kappa shape index (κ2) is 8.78. The second-order valence-corrected chi connectivity index (χ2v) is 10.1. The molecule has 0 radical (unpaired) electrons. The quantitative estimate of drug-likeness (QED) is 0.570. The number of hydrogen-bond donors (Lipinski definition) is 0. The molecule has 1 saturated carbocycles. The maximum Gasteiger partial charge on any atom is 0.409 e. The van der Waals surface area contributed by atoms with Gasteiger partial charge in [0.25, 0.3) is 0 Å². The van der Waals surface area contributed by atoms with E-state index in [1.165, 1.54) is 19.0 Å². The van der Waals surface area contributed by atoms with E-state index >= 15 is 0 Å². The van der Waals surface area contributed by atoms with Crippen LogP contribution >= 0.6 is 0 Å². The van der Waals surface area contributed by atoms with Crippen molar-refractivity contribution >= 4 is 17.6 Å². The second-order valence-electron chi connectivity index (χ2n) is 10.1. The van der Waals surface area contributed by atoms with Crippen LogP contribution in [0.3, 0.4) is 0 Å². The lowest BCUT2D eigenvalue weighted by Gasteiger charge is -2.48. The van der Waals surface area contributed by atoms with Gasteiger partial charge in [0.1, 0.15) is 17.3 Å². The Morgan fingerprint density at radius 2 is 2.03 bits per heavy atom.